The van der Waals surface area contributed by atoms with Gasteiger partial charge < -0.3 is 10.3 Å². The van der Waals surface area contributed by atoms with E-state index in [1.807, 2.05) is 13.1 Å². The lowest BCUT2D eigenvalue weighted by Crippen LogP contribution is -1.97. The average Bonchev–Trinajstić information content (AvgIpc) is 2.83. The summed E-state index contributed by atoms with van der Waals surface area (Å²) in [7, 11) is 3.91. The van der Waals surface area contributed by atoms with E-state index in [2.05, 4.69) is 47.9 Å². The van der Waals surface area contributed by atoms with E-state index >= 15 is 0 Å². The van der Waals surface area contributed by atoms with Crippen molar-refractivity contribution in [1.29, 1.82) is 0 Å². The van der Waals surface area contributed by atoms with Crippen molar-refractivity contribution < 1.29 is 0 Å². The first-order valence-corrected chi connectivity index (χ1v) is 5.93. The third kappa shape index (κ3) is 1.42. The van der Waals surface area contributed by atoms with Gasteiger partial charge in [0.25, 0.3) is 0 Å². The molecule has 18 heavy (non-hydrogen) atoms. The van der Waals surface area contributed by atoms with Crippen LogP contribution in [-0.2, 0) is 14.1 Å². The highest BCUT2D eigenvalue weighted by Crippen LogP contribution is 2.28. The maximum absolute atomic E-state index is 5.84. The molecular weight excluding hydrogens is 224 g/mol. The van der Waals surface area contributed by atoms with E-state index in [9.17, 15) is 0 Å². The van der Waals surface area contributed by atoms with Gasteiger partial charge in [-0.05, 0) is 24.6 Å². The van der Waals surface area contributed by atoms with Crippen molar-refractivity contribution in [3.63, 3.8) is 0 Å². The molecule has 0 spiro atoms. The predicted molar refractivity (Wildman–Crippen MR) is 74.3 cm³/mol. The Balaban J connectivity index is 2.30. The minimum absolute atomic E-state index is 0.673. The number of aromatic nitrogens is 3. The zero-order chi connectivity index (χ0) is 12.9. The van der Waals surface area contributed by atoms with Crippen LogP contribution in [0.15, 0.2) is 30.3 Å². The Kier molecular flexibility index (Phi) is 2.20. The summed E-state index contributed by atoms with van der Waals surface area (Å²) in [6, 6.07) is 10.4. The summed E-state index contributed by atoms with van der Waals surface area (Å²) >= 11 is 0. The van der Waals surface area contributed by atoms with Crippen LogP contribution in [-0.4, -0.2) is 14.3 Å². The highest BCUT2D eigenvalue weighted by molar-refractivity contribution is 5.89. The average molecular weight is 240 g/mol. The Bertz CT molecular complexity index is 714. The molecule has 0 aliphatic rings. The fourth-order valence-corrected chi connectivity index (χ4v) is 2.36. The Morgan fingerprint density at radius 2 is 1.94 bits per heavy atom. The standard InChI is InChI=1S/C14H16N4/c1-9-5-4-6-12-10(9)7-13(17(12)2)11-8-14(15)18(3)16-11/h4-8H,15H2,1-3H3. The topological polar surface area (TPSA) is 48.8 Å². The van der Waals surface area contributed by atoms with Crippen LogP contribution < -0.4 is 5.73 Å². The van der Waals surface area contributed by atoms with Gasteiger partial charge in [0.2, 0.25) is 0 Å². The SMILES string of the molecule is Cc1cccc2c1cc(-c1cc(N)n(C)n1)n2C. The van der Waals surface area contributed by atoms with Crippen molar-refractivity contribution in [2.75, 3.05) is 5.73 Å². The van der Waals surface area contributed by atoms with Gasteiger partial charge in [0.05, 0.1) is 5.69 Å². The van der Waals surface area contributed by atoms with E-state index in [4.69, 9.17) is 5.73 Å². The van der Waals surface area contributed by atoms with Crippen LogP contribution in [0.3, 0.4) is 0 Å². The second-order valence-corrected chi connectivity index (χ2v) is 4.67. The summed E-state index contributed by atoms with van der Waals surface area (Å²) in [5, 5.41) is 5.70. The molecular formula is C14H16N4. The first kappa shape index (κ1) is 10.9. The Hall–Kier alpha value is -2.23. The number of aryl methyl sites for hydroxylation is 3. The summed E-state index contributed by atoms with van der Waals surface area (Å²) in [6.07, 6.45) is 0. The fraction of sp³-hybridized carbons (Fsp3) is 0.214. The molecule has 0 bridgehead atoms. The van der Waals surface area contributed by atoms with E-state index in [1.165, 1.54) is 16.5 Å². The van der Waals surface area contributed by atoms with Crippen molar-refractivity contribution >= 4 is 16.7 Å². The van der Waals surface area contributed by atoms with Crippen molar-refractivity contribution in [2.45, 2.75) is 6.92 Å². The summed E-state index contributed by atoms with van der Waals surface area (Å²) in [4.78, 5) is 0. The van der Waals surface area contributed by atoms with Gasteiger partial charge in [-0.15, -0.1) is 0 Å². The molecule has 92 valence electrons. The molecule has 0 aliphatic heterocycles. The zero-order valence-electron chi connectivity index (χ0n) is 10.8. The number of fused-ring (bicyclic) bond motifs is 1. The molecule has 4 heteroatoms. The number of nitrogens with two attached hydrogens (primary N) is 1. The van der Waals surface area contributed by atoms with Crippen molar-refractivity contribution in [1.82, 2.24) is 14.3 Å². The summed E-state index contributed by atoms with van der Waals surface area (Å²) < 4.78 is 3.85. The van der Waals surface area contributed by atoms with Gasteiger partial charge in [-0.2, -0.15) is 5.10 Å². The largest absolute Gasteiger partial charge is 0.384 e. The second kappa shape index (κ2) is 3.63. The quantitative estimate of drug-likeness (QED) is 0.710. The highest BCUT2D eigenvalue weighted by atomic mass is 15.3. The fourth-order valence-electron chi connectivity index (χ4n) is 2.36. The minimum atomic E-state index is 0.673. The molecule has 0 aliphatic carbocycles. The monoisotopic (exact) mass is 240 g/mol. The second-order valence-electron chi connectivity index (χ2n) is 4.67. The van der Waals surface area contributed by atoms with E-state index in [1.54, 1.807) is 4.68 Å². The number of benzene rings is 1. The number of anilines is 1. The van der Waals surface area contributed by atoms with Crippen molar-refractivity contribution in [3.05, 3.63) is 35.9 Å². The first-order valence-electron chi connectivity index (χ1n) is 5.93. The molecule has 2 aromatic heterocycles. The molecule has 0 unspecified atom stereocenters. The number of hydrogen-bond acceptors (Lipinski definition) is 2. The smallest absolute Gasteiger partial charge is 0.122 e. The normalized spacial score (nSPS) is 11.3. The molecule has 0 radical (unpaired) electrons. The molecule has 2 N–H and O–H groups in total. The molecule has 1 aromatic carbocycles. The summed E-state index contributed by atoms with van der Waals surface area (Å²) in [6.45, 7) is 2.12. The Labute approximate surface area is 106 Å². The predicted octanol–water partition coefficient (Wildman–Crippen LogP) is 2.47. The van der Waals surface area contributed by atoms with Crippen LogP contribution in [0.2, 0.25) is 0 Å². The third-order valence-electron chi connectivity index (χ3n) is 3.48. The molecule has 0 saturated heterocycles. The van der Waals surface area contributed by atoms with Gasteiger partial charge in [-0.3, -0.25) is 4.68 Å². The summed E-state index contributed by atoms with van der Waals surface area (Å²) in [5.74, 6) is 0.673. The first-order chi connectivity index (χ1) is 8.58. The lowest BCUT2D eigenvalue weighted by atomic mass is 10.1. The number of hydrogen-bond donors (Lipinski definition) is 1. The molecule has 2 heterocycles. The summed E-state index contributed by atoms with van der Waals surface area (Å²) in [5.41, 5.74) is 10.3. The Morgan fingerprint density at radius 3 is 2.56 bits per heavy atom. The maximum Gasteiger partial charge on any atom is 0.122 e. The highest BCUT2D eigenvalue weighted by Gasteiger charge is 2.12. The van der Waals surface area contributed by atoms with Gasteiger partial charge >= 0.3 is 0 Å². The molecule has 3 rings (SSSR count). The lowest BCUT2D eigenvalue weighted by molar-refractivity contribution is 0.779. The van der Waals surface area contributed by atoms with Crippen molar-refractivity contribution in [2.24, 2.45) is 14.1 Å². The van der Waals surface area contributed by atoms with Crippen LogP contribution in [0.1, 0.15) is 5.56 Å². The molecule has 0 amide bonds. The number of nitrogens with zero attached hydrogens (tertiary/aromatic N) is 3. The van der Waals surface area contributed by atoms with Gasteiger partial charge in [0, 0.05) is 31.1 Å². The van der Waals surface area contributed by atoms with Crippen LogP contribution in [0.5, 0.6) is 0 Å². The molecule has 3 aromatic rings. The minimum Gasteiger partial charge on any atom is -0.384 e. The van der Waals surface area contributed by atoms with E-state index in [0.717, 1.165) is 11.4 Å². The molecule has 0 saturated carbocycles. The number of nitrogen functional groups attached to an aromatic ring is 1. The van der Waals surface area contributed by atoms with E-state index < -0.39 is 0 Å². The van der Waals surface area contributed by atoms with Crippen LogP contribution in [0, 0.1) is 6.92 Å². The van der Waals surface area contributed by atoms with Crippen LogP contribution in [0.4, 0.5) is 5.82 Å². The Morgan fingerprint density at radius 1 is 1.17 bits per heavy atom. The zero-order valence-corrected chi connectivity index (χ0v) is 10.8. The number of rotatable bonds is 1. The molecule has 0 atom stereocenters. The van der Waals surface area contributed by atoms with Crippen LogP contribution >= 0.6 is 0 Å². The molecule has 0 fully saturated rings. The maximum atomic E-state index is 5.84. The van der Waals surface area contributed by atoms with Crippen LogP contribution in [0.25, 0.3) is 22.3 Å². The van der Waals surface area contributed by atoms with E-state index in [-0.39, 0.29) is 0 Å². The van der Waals surface area contributed by atoms with Gasteiger partial charge in [0.15, 0.2) is 0 Å². The van der Waals surface area contributed by atoms with Gasteiger partial charge in [0.1, 0.15) is 11.5 Å². The van der Waals surface area contributed by atoms with Crippen molar-refractivity contribution in [3.8, 4) is 11.4 Å². The van der Waals surface area contributed by atoms with Gasteiger partial charge in [-0.25, -0.2) is 0 Å². The molecule has 4 nitrogen and oxygen atoms in total. The van der Waals surface area contributed by atoms with Gasteiger partial charge in [-0.1, -0.05) is 12.1 Å². The third-order valence-corrected chi connectivity index (χ3v) is 3.48. The van der Waals surface area contributed by atoms with E-state index in [0.29, 0.717) is 5.82 Å². The lowest BCUT2D eigenvalue weighted by Gasteiger charge is -2.01.